The molecule has 5 nitrogen and oxygen atoms in total. The molecule has 1 aliphatic heterocycles. The van der Waals surface area contributed by atoms with E-state index in [9.17, 15) is 14.0 Å². The highest BCUT2D eigenvalue weighted by Gasteiger charge is 2.13. The SMILES string of the molecule is O=C(CCC(=O)c1ccc(F)cc1)Nc1cccc(N2CCOCC2)c1. The average Bonchev–Trinajstić information content (AvgIpc) is 2.67. The Kier molecular flexibility index (Phi) is 5.96. The van der Waals surface area contributed by atoms with Crippen LogP contribution in [0, 0.1) is 5.82 Å². The number of hydrogen-bond acceptors (Lipinski definition) is 4. The summed E-state index contributed by atoms with van der Waals surface area (Å²) in [4.78, 5) is 26.4. The number of carbonyl (C=O) groups is 2. The van der Waals surface area contributed by atoms with Crippen molar-refractivity contribution in [2.24, 2.45) is 0 Å². The van der Waals surface area contributed by atoms with Gasteiger partial charge in [0, 0.05) is 42.9 Å². The average molecular weight is 356 g/mol. The topological polar surface area (TPSA) is 58.6 Å². The molecule has 0 spiro atoms. The highest BCUT2D eigenvalue weighted by molar-refractivity contribution is 6.00. The van der Waals surface area contributed by atoms with Crippen LogP contribution in [0.2, 0.25) is 0 Å². The molecule has 3 rings (SSSR count). The van der Waals surface area contributed by atoms with Crippen LogP contribution in [0.5, 0.6) is 0 Å². The maximum atomic E-state index is 12.9. The minimum Gasteiger partial charge on any atom is -0.378 e. The molecule has 0 bridgehead atoms. The smallest absolute Gasteiger partial charge is 0.224 e. The molecule has 0 aliphatic carbocycles. The highest BCUT2D eigenvalue weighted by Crippen LogP contribution is 2.20. The van der Waals surface area contributed by atoms with Crippen molar-refractivity contribution < 1.29 is 18.7 Å². The summed E-state index contributed by atoms with van der Waals surface area (Å²) >= 11 is 0. The van der Waals surface area contributed by atoms with Crippen molar-refractivity contribution in [3.8, 4) is 0 Å². The third kappa shape index (κ3) is 4.89. The normalized spacial score (nSPS) is 14.1. The summed E-state index contributed by atoms with van der Waals surface area (Å²) in [6.45, 7) is 3.04. The lowest BCUT2D eigenvalue weighted by atomic mass is 10.1. The fourth-order valence-electron chi connectivity index (χ4n) is 2.83. The summed E-state index contributed by atoms with van der Waals surface area (Å²) in [6, 6.07) is 13.0. The zero-order valence-corrected chi connectivity index (χ0v) is 14.4. The van der Waals surface area contributed by atoms with Crippen molar-refractivity contribution in [1.82, 2.24) is 0 Å². The number of ketones is 1. The molecular formula is C20H21FN2O3. The standard InChI is InChI=1S/C20H21FN2O3/c21-16-6-4-15(5-7-16)19(24)8-9-20(25)22-17-2-1-3-18(14-17)23-10-12-26-13-11-23/h1-7,14H,8-13H2,(H,22,25). The summed E-state index contributed by atoms with van der Waals surface area (Å²) in [6.07, 6.45) is 0.165. The van der Waals surface area contributed by atoms with Crippen molar-refractivity contribution in [3.05, 3.63) is 59.9 Å². The number of benzene rings is 2. The molecular weight excluding hydrogens is 335 g/mol. The van der Waals surface area contributed by atoms with Crippen LogP contribution in [-0.4, -0.2) is 38.0 Å². The highest BCUT2D eigenvalue weighted by atomic mass is 19.1. The first-order chi connectivity index (χ1) is 12.6. The summed E-state index contributed by atoms with van der Waals surface area (Å²) in [7, 11) is 0. The van der Waals surface area contributed by atoms with E-state index >= 15 is 0 Å². The number of carbonyl (C=O) groups excluding carboxylic acids is 2. The van der Waals surface area contributed by atoms with Gasteiger partial charge in [-0.25, -0.2) is 4.39 Å². The minimum atomic E-state index is -0.389. The van der Waals surface area contributed by atoms with E-state index in [2.05, 4.69) is 10.2 Å². The number of amides is 1. The molecule has 2 aromatic carbocycles. The van der Waals surface area contributed by atoms with Crippen molar-refractivity contribution in [2.45, 2.75) is 12.8 Å². The number of rotatable bonds is 6. The van der Waals surface area contributed by atoms with E-state index in [0.29, 0.717) is 24.5 Å². The van der Waals surface area contributed by atoms with Gasteiger partial charge in [0.15, 0.2) is 5.78 Å². The molecule has 0 unspecified atom stereocenters. The van der Waals surface area contributed by atoms with Crippen LogP contribution in [0.4, 0.5) is 15.8 Å². The Morgan fingerprint density at radius 3 is 2.50 bits per heavy atom. The van der Waals surface area contributed by atoms with E-state index in [1.807, 2.05) is 24.3 Å². The van der Waals surface area contributed by atoms with Crippen molar-refractivity contribution >= 4 is 23.1 Å². The maximum Gasteiger partial charge on any atom is 0.224 e. The Bertz CT molecular complexity index is 771. The van der Waals surface area contributed by atoms with Gasteiger partial charge in [-0.2, -0.15) is 0 Å². The molecule has 0 aromatic heterocycles. The van der Waals surface area contributed by atoms with Gasteiger partial charge < -0.3 is 15.0 Å². The molecule has 136 valence electrons. The van der Waals surface area contributed by atoms with Gasteiger partial charge >= 0.3 is 0 Å². The van der Waals surface area contributed by atoms with Gasteiger partial charge in [-0.05, 0) is 42.5 Å². The van der Waals surface area contributed by atoms with Crippen molar-refractivity contribution in [3.63, 3.8) is 0 Å². The molecule has 0 saturated carbocycles. The minimum absolute atomic E-state index is 0.0813. The van der Waals surface area contributed by atoms with E-state index in [4.69, 9.17) is 4.74 Å². The lowest BCUT2D eigenvalue weighted by molar-refractivity contribution is -0.116. The molecule has 1 aliphatic rings. The number of halogens is 1. The van der Waals surface area contributed by atoms with Crippen LogP contribution in [0.15, 0.2) is 48.5 Å². The van der Waals surface area contributed by atoms with Gasteiger partial charge in [-0.1, -0.05) is 6.07 Å². The second-order valence-corrected chi connectivity index (χ2v) is 6.13. The first-order valence-electron chi connectivity index (χ1n) is 8.63. The summed E-state index contributed by atoms with van der Waals surface area (Å²) < 4.78 is 18.2. The molecule has 1 amide bonds. The molecule has 1 fully saturated rings. The molecule has 1 N–H and O–H groups in total. The zero-order valence-electron chi connectivity index (χ0n) is 14.4. The first kappa shape index (κ1) is 18.1. The number of morpholine rings is 1. The zero-order chi connectivity index (χ0) is 18.4. The van der Waals surface area contributed by atoms with Gasteiger partial charge in [-0.15, -0.1) is 0 Å². The van der Waals surface area contributed by atoms with Crippen LogP contribution in [-0.2, 0) is 9.53 Å². The molecule has 26 heavy (non-hydrogen) atoms. The summed E-state index contributed by atoms with van der Waals surface area (Å²) in [5, 5.41) is 2.83. The van der Waals surface area contributed by atoms with Crippen molar-refractivity contribution in [1.29, 1.82) is 0 Å². The van der Waals surface area contributed by atoms with Crippen LogP contribution in [0.1, 0.15) is 23.2 Å². The van der Waals surface area contributed by atoms with E-state index in [1.54, 1.807) is 0 Å². The lowest BCUT2D eigenvalue weighted by Gasteiger charge is -2.29. The van der Waals surface area contributed by atoms with Crippen LogP contribution < -0.4 is 10.2 Å². The van der Waals surface area contributed by atoms with E-state index < -0.39 is 0 Å². The van der Waals surface area contributed by atoms with Gasteiger partial charge in [-0.3, -0.25) is 9.59 Å². The quantitative estimate of drug-likeness (QED) is 0.807. The van der Waals surface area contributed by atoms with Crippen LogP contribution in [0.25, 0.3) is 0 Å². The Hall–Kier alpha value is -2.73. The van der Waals surface area contributed by atoms with E-state index in [-0.39, 0.29) is 30.3 Å². The first-order valence-corrected chi connectivity index (χ1v) is 8.63. The summed E-state index contributed by atoms with van der Waals surface area (Å²) in [5.74, 6) is -0.791. The Morgan fingerprint density at radius 2 is 1.77 bits per heavy atom. The number of Topliss-reactive ketones (excluding diaryl/α,β-unsaturated/α-hetero) is 1. The second-order valence-electron chi connectivity index (χ2n) is 6.13. The van der Waals surface area contributed by atoms with Gasteiger partial charge in [0.25, 0.3) is 0 Å². The lowest BCUT2D eigenvalue weighted by Crippen LogP contribution is -2.36. The molecule has 2 aromatic rings. The molecule has 1 heterocycles. The Morgan fingerprint density at radius 1 is 1.04 bits per heavy atom. The third-order valence-corrected chi connectivity index (χ3v) is 4.25. The Labute approximate surface area is 151 Å². The van der Waals surface area contributed by atoms with Gasteiger partial charge in [0.05, 0.1) is 13.2 Å². The molecule has 0 radical (unpaired) electrons. The number of nitrogens with zero attached hydrogens (tertiary/aromatic N) is 1. The van der Waals surface area contributed by atoms with Gasteiger partial charge in [0.2, 0.25) is 5.91 Å². The molecule has 1 saturated heterocycles. The predicted octanol–water partition coefficient (Wildman–Crippen LogP) is 3.26. The molecule has 0 atom stereocenters. The fraction of sp³-hybridized carbons (Fsp3) is 0.300. The van der Waals surface area contributed by atoms with Crippen LogP contribution >= 0.6 is 0 Å². The monoisotopic (exact) mass is 356 g/mol. The maximum absolute atomic E-state index is 12.9. The van der Waals surface area contributed by atoms with Crippen LogP contribution in [0.3, 0.4) is 0 Å². The van der Waals surface area contributed by atoms with Crippen molar-refractivity contribution in [2.75, 3.05) is 36.5 Å². The largest absolute Gasteiger partial charge is 0.378 e. The predicted molar refractivity (Wildman–Crippen MR) is 98.1 cm³/mol. The fourth-order valence-corrected chi connectivity index (χ4v) is 2.83. The molecule has 6 heteroatoms. The van der Waals surface area contributed by atoms with E-state index in [0.717, 1.165) is 18.8 Å². The van der Waals surface area contributed by atoms with E-state index in [1.165, 1.54) is 24.3 Å². The number of anilines is 2. The number of ether oxygens (including phenoxy) is 1. The number of hydrogen-bond donors (Lipinski definition) is 1. The second kappa shape index (κ2) is 8.58. The summed E-state index contributed by atoms with van der Waals surface area (Å²) in [5.41, 5.74) is 2.15. The Balaban J connectivity index is 1.53. The van der Waals surface area contributed by atoms with Gasteiger partial charge in [0.1, 0.15) is 5.82 Å². The third-order valence-electron chi connectivity index (χ3n) is 4.25. The number of nitrogens with one attached hydrogen (secondary N) is 1.